The molecule has 2 atom stereocenters. The second kappa shape index (κ2) is 7.11. The zero-order valence-corrected chi connectivity index (χ0v) is 13.5. The topological polar surface area (TPSA) is 47.3 Å². The van der Waals surface area contributed by atoms with E-state index < -0.39 is 0 Å². The van der Waals surface area contributed by atoms with E-state index in [1.54, 1.807) is 0 Å². The lowest BCUT2D eigenvalue weighted by atomic mass is 10.2. The van der Waals surface area contributed by atoms with E-state index in [-0.39, 0.29) is 6.10 Å². The number of ether oxygens (including phenoxy) is 1. The van der Waals surface area contributed by atoms with E-state index in [1.807, 2.05) is 26.0 Å². The molecule has 20 heavy (non-hydrogen) atoms. The van der Waals surface area contributed by atoms with E-state index in [2.05, 4.69) is 30.1 Å². The number of nitrogens with two attached hydrogens (primary N) is 1. The molecule has 1 fully saturated rings. The SMILES string of the molecule is CCSC1CCC(Nc2cc(N)cc(OC(C)C)c2)C1. The number of nitrogen functional groups attached to an aromatic ring is 1. The van der Waals surface area contributed by atoms with Crippen molar-refractivity contribution in [2.24, 2.45) is 0 Å². The molecule has 3 N–H and O–H groups in total. The van der Waals surface area contributed by atoms with Crippen molar-refractivity contribution in [1.82, 2.24) is 0 Å². The minimum absolute atomic E-state index is 0.168. The molecule has 0 bridgehead atoms. The van der Waals surface area contributed by atoms with Crippen LogP contribution in [0.15, 0.2) is 18.2 Å². The second-order valence-corrected chi connectivity index (χ2v) is 7.27. The number of hydrogen-bond donors (Lipinski definition) is 2. The van der Waals surface area contributed by atoms with Gasteiger partial charge in [-0.05, 0) is 44.9 Å². The number of anilines is 2. The summed E-state index contributed by atoms with van der Waals surface area (Å²) in [6.07, 6.45) is 3.97. The fourth-order valence-electron chi connectivity index (χ4n) is 2.74. The van der Waals surface area contributed by atoms with Crippen LogP contribution in [0.25, 0.3) is 0 Å². The molecule has 0 heterocycles. The zero-order chi connectivity index (χ0) is 14.5. The highest BCUT2D eigenvalue weighted by molar-refractivity contribution is 7.99. The predicted octanol–water partition coefficient (Wildman–Crippen LogP) is 4.14. The summed E-state index contributed by atoms with van der Waals surface area (Å²) in [6, 6.07) is 6.49. The highest BCUT2D eigenvalue weighted by atomic mass is 32.2. The van der Waals surface area contributed by atoms with Crippen LogP contribution in [0.2, 0.25) is 0 Å². The predicted molar refractivity (Wildman–Crippen MR) is 89.8 cm³/mol. The largest absolute Gasteiger partial charge is 0.491 e. The maximum absolute atomic E-state index is 5.96. The molecule has 112 valence electrons. The van der Waals surface area contributed by atoms with Gasteiger partial charge < -0.3 is 15.8 Å². The van der Waals surface area contributed by atoms with Crippen LogP contribution in [0.1, 0.15) is 40.0 Å². The monoisotopic (exact) mass is 294 g/mol. The van der Waals surface area contributed by atoms with Crippen molar-refractivity contribution < 1.29 is 4.74 Å². The lowest BCUT2D eigenvalue weighted by Crippen LogP contribution is -2.16. The number of hydrogen-bond acceptors (Lipinski definition) is 4. The Hall–Kier alpha value is -1.03. The van der Waals surface area contributed by atoms with Crippen LogP contribution in [-0.2, 0) is 0 Å². The van der Waals surface area contributed by atoms with Gasteiger partial charge in [-0.2, -0.15) is 11.8 Å². The van der Waals surface area contributed by atoms with Crippen molar-refractivity contribution >= 4 is 23.1 Å². The molecule has 1 aromatic carbocycles. The molecule has 2 rings (SSSR count). The van der Waals surface area contributed by atoms with Gasteiger partial charge in [0, 0.05) is 34.8 Å². The maximum Gasteiger partial charge on any atom is 0.123 e. The van der Waals surface area contributed by atoms with Crippen LogP contribution in [0.4, 0.5) is 11.4 Å². The van der Waals surface area contributed by atoms with Crippen LogP contribution in [0.5, 0.6) is 5.75 Å². The Morgan fingerprint density at radius 3 is 2.85 bits per heavy atom. The second-order valence-electron chi connectivity index (χ2n) is 5.69. The van der Waals surface area contributed by atoms with Crippen LogP contribution < -0.4 is 15.8 Å². The van der Waals surface area contributed by atoms with Crippen molar-refractivity contribution in [3.05, 3.63) is 18.2 Å². The van der Waals surface area contributed by atoms with E-state index in [0.717, 1.165) is 22.4 Å². The maximum atomic E-state index is 5.96. The van der Waals surface area contributed by atoms with E-state index >= 15 is 0 Å². The molecule has 1 aliphatic carbocycles. The first-order chi connectivity index (χ1) is 9.56. The molecule has 1 saturated carbocycles. The molecule has 1 aliphatic rings. The van der Waals surface area contributed by atoms with E-state index in [0.29, 0.717) is 6.04 Å². The molecular weight excluding hydrogens is 268 g/mol. The van der Waals surface area contributed by atoms with Gasteiger partial charge in [-0.3, -0.25) is 0 Å². The first kappa shape index (κ1) is 15.4. The number of rotatable bonds is 6. The first-order valence-corrected chi connectivity index (χ1v) is 8.57. The summed E-state index contributed by atoms with van der Waals surface area (Å²) in [5, 5.41) is 4.42. The smallest absolute Gasteiger partial charge is 0.123 e. The van der Waals surface area contributed by atoms with Crippen LogP contribution >= 0.6 is 11.8 Å². The quantitative estimate of drug-likeness (QED) is 0.774. The van der Waals surface area contributed by atoms with Crippen molar-refractivity contribution in [2.45, 2.75) is 57.4 Å². The zero-order valence-electron chi connectivity index (χ0n) is 12.7. The fourth-order valence-corrected chi connectivity index (χ4v) is 3.88. The first-order valence-electron chi connectivity index (χ1n) is 7.52. The molecule has 0 amide bonds. The highest BCUT2D eigenvalue weighted by Gasteiger charge is 2.24. The third-order valence-corrected chi connectivity index (χ3v) is 4.69. The molecule has 0 aliphatic heterocycles. The minimum atomic E-state index is 0.168. The Balaban J connectivity index is 1.97. The highest BCUT2D eigenvalue weighted by Crippen LogP contribution is 2.32. The van der Waals surface area contributed by atoms with Crippen molar-refractivity contribution in [3.63, 3.8) is 0 Å². The van der Waals surface area contributed by atoms with Gasteiger partial charge >= 0.3 is 0 Å². The van der Waals surface area contributed by atoms with Crippen LogP contribution in [-0.4, -0.2) is 23.1 Å². The molecular formula is C16H26N2OS. The molecule has 2 unspecified atom stereocenters. The Morgan fingerprint density at radius 1 is 1.35 bits per heavy atom. The summed E-state index contributed by atoms with van der Waals surface area (Å²) < 4.78 is 5.74. The van der Waals surface area contributed by atoms with Gasteiger partial charge in [0.1, 0.15) is 5.75 Å². The number of nitrogens with one attached hydrogen (secondary N) is 1. The normalized spacial score (nSPS) is 22.2. The summed E-state index contributed by atoms with van der Waals surface area (Å²) in [6.45, 7) is 6.29. The van der Waals surface area contributed by atoms with E-state index in [9.17, 15) is 0 Å². The van der Waals surface area contributed by atoms with Gasteiger partial charge in [0.15, 0.2) is 0 Å². The molecule has 1 aromatic rings. The van der Waals surface area contributed by atoms with Gasteiger partial charge in [0.05, 0.1) is 6.10 Å². The molecule has 0 aromatic heterocycles. The average molecular weight is 294 g/mol. The van der Waals surface area contributed by atoms with Gasteiger partial charge in [-0.1, -0.05) is 6.92 Å². The fraction of sp³-hybridized carbons (Fsp3) is 0.625. The summed E-state index contributed by atoms with van der Waals surface area (Å²) in [5.41, 5.74) is 7.79. The van der Waals surface area contributed by atoms with Gasteiger partial charge in [-0.25, -0.2) is 0 Å². The average Bonchev–Trinajstić information content (AvgIpc) is 2.75. The van der Waals surface area contributed by atoms with Crippen molar-refractivity contribution in [2.75, 3.05) is 16.8 Å². The Bertz CT molecular complexity index is 436. The molecule has 0 spiro atoms. The molecule has 0 radical (unpaired) electrons. The van der Waals surface area contributed by atoms with Gasteiger partial charge in [-0.15, -0.1) is 0 Å². The Kier molecular flexibility index (Phi) is 5.46. The molecule has 3 nitrogen and oxygen atoms in total. The summed E-state index contributed by atoms with van der Waals surface area (Å²) >= 11 is 2.08. The van der Waals surface area contributed by atoms with Crippen LogP contribution in [0, 0.1) is 0 Å². The number of benzene rings is 1. The minimum Gasteiger partial charge on any atom is -0.491 e. The lowest BCUT2D eigenvalue weighted by Gasteiger charge is -2.17. The standard InChI is InChI=1S/C16H26N2OS/c1-4-20-16-6-5-13(10-16)18-14-7-12(17)8-15(9-14)19-11(2)3/h7-9,11,13,16,18H,4-6,10,17H2,1-3H3. The van der Waals surface area contributed by atoms with E-state index in [1.165, 1.54) is 25.0 Å². The van der Waals surface area contributed by atoms with Gasteiger partial charge in [0.25, 0.3) is 0 Å². The van der Waals surface area contributed by atoms with E-state index in [4.69, 9.17) is 10.5 Å². The summed E-state index contributed by atoms with van der Waals surface area (Å²) in [7, 11) is 0. The lowest BCUT2D eigenvalue weighted by molar-refractivity contribution is 0.242. The van der Waals surface area contributed by atoms with Gasteiger partial charge in [0.2, 0.25) is 0 Å². The Morgan fingerprint density at radius 2 is 2.15 bits per heavy atom. The third kappa shape index (κ3) is 4.51. The molecule has 0 saturated heterocycles. The third-order valence-electron chi connectivity index (χ3n) is 3.46. The summed E-state index contributed by atoms with van der Waals surface area (Å²) in [4.78, 5) is 0. The van der Waals surface area contributed by atoms with Crippen LogP contribution in [0.3, 0.4) is 0 Å². The number of thioether (sulfide) groups is 1. The Labute approximate surface area is 126 Å². The van der Waals surface area contributed by atoms with Crippen molar-refractivity contribution in [1.29, 1.82) is 0 Å². The molecule has 4 heteroatoms. The summed E-state index contributed by atoms with van der Waals surface area (Å²) in [5.74, 6) is 2.06. The van der Waals surface area contributed by atoms with Crippen molar-refractivity contribution in [3.8, 4) is 5.75 Å².